The van der Waals surface area contributed by atoms with Crippen LogP contribution in [-0.2, 0) is 4.79 Å². The molecule has 0 unspecified atom stereocenters. The molecule has 1 aromatic carbocycles. The molecule has 21 heavy (non-hydrogen) atoms. The summed E-state index contributed by atoms with van der Waals surface area (Å²) in [7, 11) is 0. The molecule has 0 saturated carbocycles. The topological polar surface area (TPSA) is 83.0 Å². The Bertz CT molecular complexity index is 679. The smallest absolute Gasteiger partial charge is 0.242 e. The van der Waals surface area contributed by atoms with Crippen molar-refractivity contribution in [2.75, 3.05) is 0 Å². The molecule has 0 aliphatic rings. The van der Waals surface area contributed by atoms with Crippen LogP contribution in [0.3, 0.4) is 0 Å². The molecule has 2 aromatic rings. The zero-order valence-electron chi connectivity index (χ0n) is 11.7. The van der Waals surface area contributed by atoms with Crippen molar-refractivity contribution in [3.8, 4) is 17.1 Å². The van der Waals surface area contributed by atoms with Gasteiger partial charge in [0.25, 0.3) is 0 Å². The van der Waals surface area contributed by atoms with Crippen molar-refractivity contribution in [3.63, 3.8) is 0 Å². The fourth-order valence-electron chi connectivity index (χ4n) is 1.66. The number of primary amides is 1. The SMILES string of the molecule is CC(C)Oc1cc(F)cc(-c2ncn(/C=C\C(N)=O)n2)c1. The maximum absolute atomic E-state index is 13.6. The number of benzene rings is 1. The van der Waals surface area contributed by atoms with Crippen molar-refractivity contribution < 1.29 is 13.9 Å². The van der Waals surface area contributed by atoms with Gasteiger partial charge >= 0.3 is 0 Å². The van der Waals surface area contributed by atoms with Crippen molar-refractivity contribution in [1.29, 1.82) is 0 Å². The van der Waals surface area contributed by atoms with Crippen LogP contribution >= 0.6 is 0 Å². The minimum Gasteiger partial charge on any atom is -0.491 e. The molecule has 0 fully saturated rings. The molecule has 110 valence electrons. The standard InChI is InChI=1S/C14H15FN4O2/c1-9(2)21-12-6-10(5-11(15)7-12)14-17-8-19(18-14)4-3-13(16)20/h3-9H,1-2H3,(H2,16,20)/b4-3-. The predicted molar refractivity (Wildman–Crippen MR) is 75.7 cm³/mol. The molecule has 0 spiro atoms. The molecule has 0 radical (unpaired) electrons. The van der Waals surface area contributed by atoms with Crippen LogP contribution in [0.2, 0.25) is 0 Å². The summed E-state index contributed by atoms with van der Waals surface area (Å²) in [5, 5.41) is 4.10. The Morgan fingerprint density at radius 3 is 2.86 bits per heavy atom. The number of aromatic nitrogens is 3. The van der Waals surface area contributed by atoms with E-state index in [-0.39, 0.29) is 6.10 Å². The number of halogens is 1. The van der Waals surface area contributed by atoms with Crippen LogP contribution in [0.4, 0.5) is 4.39 Å². The minimum absolute atomic E-state index is 0.0660. The maximum atomic E-state index is 13.6. The third kappa shape index (κ3) is 4.13. The van der Waals surface area contributed by atoms with Gasteiger partial charge in [-0.25, -0.2) is 14.1 Å². The van der Waals surface area contributed by atoms with E-state index in [2.05, 4.69) is 10.1 Å². The normalized spacial score (nSPS) is 11.2. The van der Waals surface area contributed by atoms with Crippen LogP contribution in [-0.4, -0.2) is 26.8 Å². The van der Waals surface area contributed by atoms with Gasteiger partial charge in [0.15, 0.2) is 5.82 Å². The maximum Gasteiger partial charge on any atom is 0.242 e. The number of rotatable bonds is 5. The van der Waals surface area contributed by atoms with Gasteiger partial charge in [-0.05, 0) is 26.0 Å². The van der Waals surface area contributed by atoms with E-state index in [4.69, 9.17) is 10.5 Å². The highest BCUT2D eigenvalue weighted by Crippen LogP contribution is 2.23. The van der Waals surface area contributed by atoms with Gasteiger partial charge in [-0.15, -0.1) is 5.10 Å². The Hall–Kier alpha value is -2.70. The molecule has 2 rings (SSSR count). The zero-order valence-corrected chi connectivity index (χ0v) is 11.7. The van der Waals surface area contributed by atoms with Crippen molar-refractivity contribution >= 4 is 12.1 Å². The van der Waals surface area contributed by atoms with Gasteiger partial charge in [0, 0.05) is 23.9 Å². The van der Waals surface area contributed by atoms with E-state index < -0.39 is 11.7 Å². The van der Waals surface area contributed by atoms with E-state index in [0.29, 0.717) is 17.1 Å². The molecular weight excluding hydrogens is 275 g/mol. The van der Waals surface area contributed by atoms with Gasteiger partial charge in [0.1, 0.15) is 17.9 Å². The molecule has 7 heteroatoms. The first-order valence-electron chi connectivity index (χ1n) is 6.30. The third-order valence-electron chi connectivity index (χ3n) is 2.40. The van der Waals surface area contributed by atoms with Crippen LogP contribution in [0.15, 0.2) is 30.6 Å². The van der Waals surface area contributed by atoms with Crippen LogP contribution < -0.4 is 10.5 Å². The largest absolute Gasteiger partial charge is 0.491 e. The number of nitrogens with zero attached hydrogens (tertiary/aromatic N) is 3. The third-order valence-corrected chi connectivity index (χ3v) is 2.40. The van der Waals surface area contributed by atoms with Gasteiger partial charge in [0.2, 0.25) is 5.91 Å². The van der Waals surface area contributed by atoms with E-state index >= 15 is 0 Å². The number of hydrogen-bond acceptors (Lipinski definition) is 4. The summed E-state index contributed by atoms with van der Waals surface area (Å²) in [4.78, 5) is 14.7. The summed E-state index contributed by atoms with van der Waals surface area (Å²) in [6.45, 7) is 3.71. The first-order valence-corrected chi connectivity index (χ1v) is 6.30. The monoisotopic (exact) mass is 290 g/mol. The fraction of sp³-hybridized carbons (Fsp3) is 0.214. The van der Waals surface area contributed by atoms with Gasteiger partial charge in [-0.2, -0.15) is 0 Å². The molecule has 0 atom stereocenters. The lowest BCUT2D eigenvalue weighted by Crippen LogP contribution is -2.06. The van der Waals surface area contributed by atoms with Crippen LogP contribution in [0.1, 0.15) is 13.8 Å². The van der Waals surface area contributed by atoms with Crippen molar-refractivity contribution in [3.05, 3.63) is 36.4 Å². The highest BCUT2D eigenvalue weighted by molar-refractivity contribution is 5.88. The molecule has 6 nitrogen and oxygen atoms in total. The molecule has 2 N–H and O–H groups in total. The lowest BCUT2D eigenvalue weighted by molar-refractivity contribution is -0.113. The first-order chi connectivity index (χ1) is 9.94. The van der Waals surface area contributed by atoms with Crippen molar-refractivity contribution in [2.24, 2.45) is 5.73 Å². The Balaban J connectivity index is 2.29. The molecule has 0 saturated heterocycles. The Kier molecular flexibility index (Phi) is 4.32. The molecule has 1 amide bonds. The lowest BCUT2D eigenvalue weighted by Gasteiger charge is -2.10. The highest BCUT2D eigenvalue weighted by atomic mass is 19.1. The Labute approximate surface area is 121 Å². The Morgan fingerprint density at radius 2 is 2.19 bits per heavy atom. The molecule has 0 aliphatic carbocycles. The summed E-state index contributed by atoms with van der Waals surface area (Å²) in [5.41, 5.74) is 5.47. The van der Waals surface area contributed by atoms with Gasteiger partial charge in [-0.1, -0.05) is 0 Å². The molecule has 1 aromatic heterocycles. The fourth-order valence-corrected chi connectivity index (χ4v) is 1.66. The second kappa shape index (κ2) is 6.17. The average molecular weight is 290 g/mol. The van der Waals surface area contributed by atoms with Crippen molar-refractivity contribution in [2.45, 2.75) is 20.0 Å². The van der Waals surface area contributed by atoms with Gasteiger partial charge in [-0.3, -0.25) is 4.79 Å². The van der Waals surface area contributed by atoms with Gasteiger partial charge in [0.05, 0.1) is 6.10 Å². The Morgan fingerprint density at radius 1 is 1.43 bits per heavy atom. The number of carbonyl (C=O) groups is 1. The number of amides is 1. The van der Waals surface area contributed by atoms with E-state index in [1.807, 2.05) is 13.8 Å². The number of carbonyl (C=O) groups excluding carboxylic acids is 1. The van der Waals surface area contributed by atoms with Crippen LogP contribution in [0.25, 0.3) is 17.6 Å². The summed E-state index contributed by atoms with van der Waals surface area (Å²) in [6, 6.07) is 4.26. The molecule has 1 heterocycles. The number of ether oxygens (including phenoxy) is 1. The summed E-state index contributed by atoms with van der Waals surface area (Å²) in [5.74, 6) is -0.307. The van der Waals surface area contributed by atoms with E-state index in [1.54, 1.807) is 6.07 Å². The molecular formula is C14H15FN4O2. The summed E-state index contributed by atoms with van der Waals surface area (Å²) >= 11 is 0. The second-order valence-electron chi connectivity index (χ2n) is 4.61. The number of hydrogen-bond donors (Lipinski definition) is 1. The van der Waals surface area contributed by atoms with E-state index in [0.717, 1.165) is 6.08 Å². The molecule has 0 bridgehead atoms. The summed E-state index contributed by atoms with van der Waals surface area (Å²) < 4.78 is 20.4. The van der Waals surface area contributed by atoms with Gasteiger partial charge < -0.3 is 10.5 Å². The predicted octanol–water partition coefficient (Wildman–Crippen LogP) is 1.83. The van der Waals surface area contributed by atoms with E-state index in [9.17, 15) is 9.18 Å². The summed E-state index contributed by atoms with van der Waals surface area (Å²) in [6.07, 6.45) is 3.84. The first kappa shape index (κ1) is 14.7. The second-order valence-corrected chi connectivity index (χ2v) is 4.61. The van der Waals surface area contributed by atoms with E-state index in [1.165, 1.54) is 29.3 Å². The molecule has 0 aliphatic heterocycles. The zero-order chi connectivity index (χ0) is 15.4. The van der Waals surface area contributed by atoms with Crippen LogP contribution in [0.5, 0.6) is 5.75 Å². The number of nitrogens with two attached hydrogens (primary N) is 1. The van der Waals surface area contributed by atoms with Crippen LogP contribution in [0, 0.1) is 5.82 Å². The van der Waals surface area contributed by atoms with Crippen molar-refractivity contribution in [1.82, 2.24) is 14.8 Å². The quantitative estimate of drug-likeness (QED) is 0.851. The minimum atomic E-state index is -0.592. The average Bonchev–Trinajstić information content (AvgIpc) is 2.83. The lowest BCUT2D eigenvalue weighted by atomic mass is 10.2. The highest BCUT2D eigenvalue weighted by Gasteiger charge is 2.09.